The number of hydrogen-bond acceptors (Lipinski definition) is 6. The van der Waals surface area contributed by atoms with E-state index >= 15 is 0 Å². The van der Waals surface area contributed by atoms with Gasteiger partial charge in [-0.3, -0.25) is 14.4 Å². The van der Waals surface area contributed by atoms with Crippen LogP contribution in [0.3, 0.4) is 0 Å². The van der Waals surface area contributed by atoms with Crippen LogP contribution in [0, 0.1) is 23.5 Å². The minimum absolute atomic E-state index is 0.00229. The summed E-state index contributed by atoms with van der Waals surface area (Å²) in [6.45, 7) is 6.88. The van der Waals surface area contributed by atoms with Crippen LogP contribution in [-0.2, 0) is 30.3 Å². The van der Waals surface area contributed by atoms with E-state index in [0.717, 1.165) is 24.0 Å². The first-order chi connectivity index (χ1) is 23.5. The van der Waals surface area contributed by atoms with Gasteiger partial charge >= 0.3 is 0 Å². The summed E-state index contributed by atoms with van der Waals surface area (Å²) in [7, 11) is 0. The number of carbonyl (C=O) groups is 3. The van der Waals surface area contributed by atoms with Crippen LogP contribution in [0.2, 0.25) is 0 Å². The predicted octanol–water partition coefficient (Wildman–Crippen LogP) is 6.15. The molecular formula is C38H46F2N2O7. The molecule has 4 atom stereocenters. The normalized spacial score (nSPS) is 19.2. The highest BCUT2D eigenvalue weighted by Gasteiger charge is 2.48. The maximum Gasteiger partial charge on any atom is 0.290 e. The molecule has 0 radical (unpaired) electrons. The maximum absolute atomic E-state index is 13.7. The van der Waals surface area contributed by atoms with E-state index in [1.807, 2.05) is 24.3 Å². The first-order valence-electron chi connectivity index (χ1n) is 16.7. The molecule has 3 aromatic carbocycles. The van der Waals surface area contributed by atoms with E-state index in [2.05, 4.69) is 26.1 Å². The fraction of sp³-hybridized carbons (Fsp3) is 0.447. The molecule has 0 saturated carbocycles. The first-order valence-corrected chi connectivity index (χ1v) is 16.7. The third-order valence-corrected chi connectivity index (χ3v) is 9.35. The SMILES string of the molecule is CCC(NC(=O)COC1(CCc2ccc(C3[C@@H](CCC(O)c4ccc(F)cc4)C(=O)N3c3ccc(F)cc3)cc2)COC1)C(C)C.O=CO. The Labute approximate surface area is 286 Å². The fourth-order valence-electron chi connectivity index (χ4n) is 6.38. The summed E-state index contributed by atoms with van der Waals surface area (Å²) in [4.78, 5) is 36.0. The van der Waals surface area contributed by atoms with Gasteiger partial charge in [0.2, 0.25) is 11.8 Å². The summed E-state index contributed by atoms with van der Waals surface area (Å²) in [5, 5.41) is 20.7. The van der Waals surface area contributed by atoms with Crippen molar-refractivity contribution in [1.29, 1.82) is 0 Å². The molecule has 5 rings (SSSR count). The zero-order chi connectivity index (χ0) is 35.6. The van der Waals surface area contributed by atoms with Crippen LogP contribution in [0.5, 0.6) is 0 Å². The van der Waals surface area contributed by atoms with Crippen molar-refractivity contribution in [2.75, 3.05) is 24.7 Å². The number of carbonyl (C=O) groups excluding carboxylic acids is 2. The largest absolute Gasteiger partial charge is 0.483 e. The van der Waals surface area contributed by atoms with Gasteiger partial charge in [-0.25, -0.2) is 8.78 Å². The molecule has 0 aromatic heterocycles. The second-order valence-corrected chi connectivity index (χ2v) is 13.0. The Balaban J connectivity index is 0.00000174. The van der Waals surface area contributed by atoms with Crippen molar-refractivity contribution in [3.63, 3.8) is 0 Å². The van der Waals surface area contributed by atoms with Crippen LogP contribution in [0.4, 0.5) is 14.5 Å². The lowest BCUT2D eigenvalue weighted by Gasteiger charge is -2.48. The maximum atomic E-state index is 13.7. The van der Waals surface area contributed by atoms with Crippen molar-refractivity contribution in [2.24, 2.45) is 11.8 Å². The molecule has 2 saturated heterocycles. The molecule has 3 aromatic rings. The highest BCUT2D eigenvalue weighted by atomic mass is 19.1. The second kappa shape index (κ2) is 17.5. The van der Waals surface area contributed by atoms with E-state index in [-0.39, 0.29) is 54.5 Å². The number of aliphatic hydroxyl groups excluding tert-OH is 1. The van der Waals surface area contributed by atoms with Gasteiger partial charge in [0.25, 0.3) is 6.47 Å². The van der Waals surface area contributed by atoms with Crippen LogP contribution < -0.4 is 10.2 Å². The summed E-state index contributed by atoms with van der Waals surface area (Å²) in [5.74, 6) is -0.972. The third-order valence-electron chi connectivity index (χ3n) is 9.35. The summed E-state index contributed by atoms with van der Waals surface area (Å²) in [6.07, 6.45) is 2.25. The van der Waals surface area contributed by atoms with Gasteiger partial charge in [-0.2, -0.15) is 0 Å². The summed E-state index contributed by atoms with van der Waals surface area (Å²) in [6, 6.07) is 19.6. The molecule has 2 heterocycles. The van der Waals surface area contributed by atoms with E-state index in [0.29, 0.717) is 49.6 Å². The number of carboxylic acid groups (broad SMARTS) is 1. The first kappa shape index (κ1) is 37.6. The van der Waals surface area contributed by atoms with Crippen molar-refractivity contribution in [3.05, 3.63) is 101 Å². The Bertz CT molecular complexity index is 1510. The molecule has 0 bridgehead atoms. The number of ether oxygens (including phenoxy) is 2. The van der Waals surface area contributed by atoms with Crippen LogP contribution >= 0.6 is 0 Å². The Hall–Kier alpha value is -4.19. The van der Waals surface area contributed by atoms with Crippen LogP contribution in [0.15, 0.2) is 72.8 Å². The fourth-order valence-corrected chi connectivity index (χ4v) is 6.38. The topological polar surface area (TPSA) is 125 Å². The van der Waals surface area contributed by atoms with Crippen molar-refractivity contribution in [1.82, 2.24) is 5.32 Å². The molecule has 3 unspecified atom stereocenters. The van der Waals surface area contributed by atoms with E-state index < -0.39 is 11.7 Å². The number of amides is 2. The summed E-state index contributed by atoms with van der Waals surface area (Å²) in [5.41, 5.74) is 2.76. The highest BCUT2D eigenvalue weighted by Crippen LogP contribution is 2.46. The van der Waals surface area contributed by atoms with Gasteiger partial charge in [0.15, 0.2) is 0 Å². The molecule has 264 valence electrons. The number of benzene rings is 3. The zero-order valence-electron chi connectivity index (χ0n) is 28.2. The smallest absolute Gasteiger partial charge is 0.290 e. The predicted molar refractivity (Wildman–Crippen MR) is 181 cm³/mol. The van der Waals surface area contributed by atoms with Crippen molar-refractivity contribution in [3.8, 4) is 0 Å². The van der Waals surface area contributed by atoms with Gasteiger partial charge in [-0.05, 0) is 91.1 Å². The van der Waals surface area contributed by atoms with Crippen LogP contribution in [0.1, 0.15) is 75.3 Å². The van der Waals surface area contributed by atoms with Gasteiger partial charge in [0.05, 0.1) is 31.3 Å². The number of anilines is 1. The van der Waals surface area contributed by atoms with Gasteiger partial charge in [0, 0.05) is 11.7 Å². The molecule has 0 aliphatic carbocycles. The Morgan fingerprint density at radius 2 is 1.63 bits per heavy atom. The zero-order valence-corrected chi connectivity index (χ0v) is 28.2. The number of rotatable bonds is 15. The van der Waals surface area contributed by atoms with Gasteiger partial charge < -0.3 is 29.9 Å². The standard InChI is InChI=1S/C37H44F2N2O5.CH2O2/c1-4-32(24(2)3)40-34(43)21-46-37(22-45-23-37)20-19-25-5-7-27(8-6-25)35-31(17-18-33(42)26-9-11-28(38)12-10-26)36(44)41(35)30-15-13-29(39)14-16-30;2-1-3/h5-16,24,31-33,35,42H,4,17-23H2,1-3H3,(H,40,43);1H,(H,2,3)/t31-,32?,33?,35?;/m1./s1. The molecule has 2 fully saturated rings. The molecular weight excluding hydrogens is 634 g/mol. The Morgan fingerprint density at radius 1 is 1.04 bits per heavy atom. The molecule has 11 heteroatoms. The van der Waals surface area contributed by atoms with Crippen LogP contribution in [0.25, 0.3) is 0 Å². The molecule has 49 heavy (non-hydrogen) atoms. The molecule has 0 spiro atoms. The average Bonchev–Trinajstić information content (AvgIpc) is 3.07. The lowest BCUT2D eigenvalue weighted by molar-refractivity contribution is -0.212. The van der Waals surface area contributed by atoms with Gasteiger partial charge in [-0.1, -0.05) is 57.2 Å². The minimum atomic E-state index is -0.823. The Kier molecular flexibility index (Phi) is 13.4. The molecule has 3 N–H and O–H groups in total. The lowest BCUT2D eigenvalue weighted by Crippen LogP contribution is -2.55. The highest BCUT2D eigenvalue weighted by molar-refractivity contribution is 6.03. The van der Waals surface area contributed by atoms with Crippen molar-refractivity contribution in [2.45, 2.75) is 76.7 Å². The van der Waals surface area contributed by atoms with Gasteiger partial charge in [-0.15, -0.1) is 0 Å². The van der Waals surface area contributed by atoms with Crippen molar-refractivity contribution >= 4 is 24.0 Å². The summed E-state index contributed by atoms with van der Waals surface area (Å²) >= 11 is 0. The molecule has 2 aliphatic heterocycles. The number of aryl methyl sites for hydroxylation is 1. The lowest BCUT2D eigenvalue weighted by atomic mass is 9.78. The third kappa shape index (κ3) is 9.71. The van der Waals surface area contributed by atoms with Crippen molar-refractivity contribution < 1.29 is 42.9 Å². The number of nitrogens with one attached hydrogen (secondary N) is 1. The number of nitrogens with zero attached hydrogens (tertiary/aromatic N) is 1. The van der Waals surface area contributed by atoms with Crippen LogP contribution in [-0.4, -0.2) is 60.0 Å². The molecule has 2 aliphatic rings. The Morgan fingerprint density at radius 3 is 2.16 bits per heavy atom. The van der Waals surface area contributed by atoms with E-state index in [1.54, 1.807) is 29.2 Å². The summed E-state index contributed by atoms with van der Waals surface area (Å²) < 4.78 is 38.6. The second-order valence-electron chi connectivity index (χ2n) is 13.0. The van der Waals surface area contributed by atoms with Gasteiger partial charge in [0.1, 0.15) is 23.8 Å². The minimum Gasteiger partial charge on any atom is -0.483 e. The van der Waals surface area contributed by atoms with E-state index in [9.17, 15) is 23.5 Å². The average molecular weight is 681 g/mol. The number of halogens is 2. The number of hydrogen-bond donors (Lipinski definition) is 3. The monoisotopic (exact) mass is 680 g/mol. The number of β-lactam (4-membered cyclic amide) rings is 1. The quantitative estimate of drug-likeness (QED) is 0.130. The van der Waals surface area contributed by atoms with E-state index in [4.69, 9.17) is 19.4 Å². The number of aliphatic hydroxyl groups is 1. The molecule has 9 nitrogen and oxygen atoms in total. The van der Waals surface area contributed by atoms with E-state index in [1.165, 1.54) is 24.3 Å². The molecule has 2 amide bonds.